The number of aliphatic hydroxyl groups is 1. The maximum atomic E-state index is 10.0. The number of nitrogens with two attached hydrogens (primary N) is 1. The van der Waals surface area contributed by atoms with Gasteiger partial charge in [-0.05, 0) is 25.0 Å². The Labute approximate surface area is 111 Å². The second-order valence-electron chi connectivity index (χ2n) is 4.93. The first-order chi connectivity index (χ1) is 9.24. The van der Waals surface area contributed by atoms with Crippen LogP contribution in [0.4, 0.5) is 11.6 Å². The molecule has 0 aromatic carbocycles. The zero-order chi connectivity index (χ0) is 13.2. The molecule has 0 amide bonds. The highest BCUT2D eigenvalue weighted by atomic mass is 16.3. The minimum absolute atomic E-state index is 0.0457. The van der Waals surface area contributed by atoms with Crippen molar-refractivity contribution in [3.05, 3.63) is 18.5 Å². The normalized spacial score (nSPS) is 23.4. The molecule has 0 saturated heterocycles. The van der Waals surface area contributed by atoms with Gasteiger partial charge in [0.2, 0.25) is 0 Å². The summed E-state index contributed by atoms with van der Waals surface area (Å²) in [6.45, 7) is 0. The Morgan fingerprint density at radius 3 is 2.89 bits per heavy atom. The Bertz CT molecular complexity index is 588. The Kier molecular flexibility index (Phi) is 3.16. The van der Waals surface area contributed by atoms with Crippen LogP contribution in [0.15, 0.2) is 18.5 Å². The molecule has 1 fully saturated rings. The maximum absolute atomic E-state index is 10.0. The molecule has 1 saturated carbocycles. The van der Waals surface area contributed by atoms with Crippen LogP contribution in [0.25, 0.3) is 11.0 Å². The van der Waals surface area contributed by atoms with E-state index in [0.29, 0.717) is 17.3 Å². The van der Waals surface area contributed by atoms with Crippen LogP contribution in [-0.4, -0.2) is 32.2 Å². The van der Waals surface area contributed by atoms with E-state index in [1.54, 1.807) is 6.07 Å². The average Bonchev–Trinajstić information content (AvgIpc) is 2.41. The van der Waals surface area contributed by atoms with Gasteiger partial charge in [-0.3, -0.25) is 0 Å². The molecule has 0 radical (unpaired) electrons. The molecule has 0 aliphatic heterocycles. The van der Waals surface area contributed by atoms with Gasteiger partial charge in [0, 0.05) is 0 Å². The lowest BCUT2D eigenvalue weighted by Crippen LogP contribution is -2.36. The molecule has 3 rings (SSSR count). The van der Waals surface area contributed by atoms with Gasteiger partial charge in [0.1, 0.15) is 18.0 Å². The van der Waals surface area contributed by atoms with Crippen molar-refractivity contribution in [1.29, 1.82) is 0 Å². The summed E-state index contributed by atoms with van der Waals surface area (Å²) in [4.78, 5) is 12.5. The van der Waals surface area contributed by atoms with E-state index in [1.807, 2.05) is 6.07 Å². The number of nitrogen functional groups attached to an aromatic ring is 1. The fourth-order valence-electron chi connectivity index (χ4n) is 2.53. The van der Waals surface area contributed by atoms with E-state index in [0.717, 1.165) is 31.1 Å². The Balaban J connectivity index is 1.92. The third kappa shape index (κ3) is 2.44. The van der Waals surface area contributed by atoms with E-state index in [-0.39, 0.29) is 12.1 Å². The molecule has 0 bridgehead atoms. The summed E-state index contributed by atoms with van der Waals surface area (Å²) in [6, 6.07) is 3.63. The summed E-state index contributed by atoms with van der Waals surface area (Å²) in [5.74, 6) is 1.15. The number of nitrogens with zero attached hydrogens (tertiary/aromatic N) is 3. The quantitative estimate of drug-likeness (QED) is 0.752. The molecular formula is C13H17N5O. The Morgan fingerprint density at radius 1 is 1.21 bits per heavy atom. The van der Waals surface area contributed by atoms with Crippen LogP contribution in [0.3, 0.4) is 0 Å². The number of anilines is 2. The van der Waals surface area contributed by atoms with Crippen molar-refractivity contribution < 1.29 is 5.11 Å². The number of aliphatic hydroxyl groups excluding tert-OH is 1. The van der Waals surface area contributed by atoms with Crippen molar-refractivity contribution in [2.24, 2.45) is 0 Å². The predicted octanol–water partition coefficient (Wildman–Crippen LogP) is 1.32. The van der Waals surface area contributed by atoms with Crippen molar-refractivity contribution in [2.45, 2.75) is 37.8 Å². The SMILES string of the molecule is Nc1ccc2c(N[C@@H]3CCCC[C@H]3O)ncnc2n1. The van der Waals surface area contributed by atoms with E-state index in [1.165, 1.54) is 6.33 Å². The molecule has 1 aliphatic rings. The molecule has 2 aromatic heterocycles. The lowest BCUT2D eigenvalue weighted by atomic mass is 9.92. The van der Waals surface area contributed by atoms with Crippen LogP contribution < -0.4 is 11.1 Å². The van der Waals surface area contributed by atoms with Gasteiger partial charge in [-0.2, -0.15) is 0 Å². The highest BCUT2D eigenvalue weighted by Gasteiger charge is 2.23. The molecule has 100 valence electrons. The number of pyridine rings is 1. The molecule has 2 atom stereocenters. The minimum atomic E-state index is -0.319. The number of hydrogen-bond acceptors (Lipinski definition) is 6. The maximum Gasteiger partial charge on any atom is 0.166 e. The summed E-state index contributed by atoms with van der Waals surface area (Å²) < 4.78 is 0. The van der Waals surface area contributed by atoms with Gasteiger partial charge in [0.25, 0.3) is 0 Å². The van der Waals surface area contributed by atoms with Gasteiger partial charge in [0.15, 0.2) is 5.65 Å². The minimum Gasteiger partial charge on any atom is -0.391 e. The highest BCUT2D eigenvalue weighted by molar-refractivity contribution is 5.87. The van der Waals surface area contributed by atoms with E-state index in [9.17, 15) is 5.11 Å². The number of fused-ring (bicyclic) bond motifs is 1. The largest absolute Gasteiger partial charge is 0.391 e. The standard InChI is InChI=1S/C13H17N5O/c14-11-6-5-8-12(15-7-16-13(8)18-11)17-9-3-1-2-4-10(9)19/h5-7,9-10,19H,1-4H2,(H3,14,15,16,17,18)/t9-,10-/m1/s1. The monoisotopic (exact) mass is 259 g/mol. The van der Waals surface area contributed by atoms with Crippen LogP contribution in [0.2, 0.25) is 0 Å². The first kappa shape index (κ1) is 12.1. The van der Waals surface area contributed by atoms with Crippen molar-refractivity contribution in [3.8, 4) is 0 Å². The zero-order valence-corrected chi connectivity index (χ0v) is 10.6. The van der Waals surface area contributed by atoms with Gasteiger partial charge >= 0.3 is 0 Å². The van der Waals surface area contributed by atoms with Gasteiger partial charge in [-0.15, -0.1) is 0 Å². The van der Waals surface area contributed by atoms with Crippen LogP contribution in [0.5, 0.6) is 0 Å². The van der Waals surface area contributed by atoms with Crippen molar-refractivity contribution in [2.75, 3.05) is 11.1 Å². The van der Waals surface area contributed by atoms with Crippen LogP contribution in [0.1, 0.15) is 25.7 Å². The van der Waals surface area contributed by atoms with E-state index < -0.39 is 0 Å². The van der Waals surface area contributed by atoms with E-state index >= 15 is 0 Å². The number of hydrogen-bond donors (Lipinski definition) is 3. The lowest BCUT2D eigenvalue weighted by molar-refractivity contribution is 0.116. The Hall–Kier alpha value is -1.95. The molecule has 6 nitrogen and oxygen atoms in total. The molecule has 2 heterocycles. The van der Waals surface area contributed by atoms with E-state index in [4.69, 9.17) is 5.73 Å². The Morgan fingerprint density at radius 2 is 2.05 bits per heavy atom. The smallest absolute Gasteiger partial charge is 0.166 e. The number of nitrogens with one attached hydrogen (secondary N) is 1. The molecular weight excluding hydrogens is 242 g/mol. The van der Waals surface area contributed by atoms with Crippen molar-refractivity contribution in [3.63, 3.8) is 0 Å². The molecule has 6 heteroatoms. The average molecular weight is 259 g/mol. The summed E-state index contributed by atoms with van der Waals surface area (Å²) in [5, 5.41) is 14.1. The second-order valence-corrected chi connectivity index (χ2v) is 4.93. The van der Waals surface area contributed by atoms with Crippen LogP contribution >= 0.6 is 0 Å². The summed E-state index contributed by atoms with van der Waals surface area (Å²) in [5.41, 5.74) is 6.22. The summed E-state index contributed by atoms with van der Waals surface area (Å²) >= 11 is 0. The number of rotatable bonds is 2. The van der Waals surface area contributed by atoms with Gasteiger partial charge in [0.05, 0.1) is 17.5 Å². The molecule has 4 N–H and O–H groups in total. The molecule has 0 spiro atoms. The molecule has 1 aliphatic carbocycles. The fraction of sp³-hybridized carbons (Fsp3) is 0.462. The topological polar surface area (TPSA) is 97.0 Å². The first-order valence-corrected chi connectivity index (χ1v) is 6.56. The highest BCUT2D eigenvalue weighted by Crippen LogP contribution is 2.25. The third-order valence-corrected chi connectivity index (χ3v) is 3.57. The lowest BCUT2D eigenvalue weighted by Gasteiger charge is -2.28. The summed E-state index contributed by atoms with van der Waals surface area (Å²) in [6.07, 6.45) is 5.15. The second kappa shape index (κ2) is 4.97. The van der Waals surface area contributed by atoms with E-state index in [2.05, 4.69) is 20.3 Å². The van der Waals surface area contributed by atoms with Gasteiger partial charge < -0.3 is 16.2 Å². The summed E-state index contributed by atoms with van der Waals surface area (Å²) in [7, 11) is 0. The number of aromatic nitrogens is 3. The van der Waals surface area contributed by atoms with Crippen LogP contribution in [-0.2, 0) is 0 Å². The zero-order valence-electron chi connectivity index (χ0n) is 10.6. The first-order valence-electron chi connectivity index (χ1n) is 6.56. The van der Waals surface area contributed by atoms with Crippen molar-refractivity contribution in [1.82, 2.24) is 15.0 Å². The van der Waals surface area contributed by atoms with Gasteiger partial charge in [-0.1, -0.05) is 12.8 Å². The molecule has 2 aromatic rings. The molecule has 0 unspecified atom stereocenters. The fourth-order valence-corrected chi connectivity index (χ4v) is 2.53. The van der Waals surface area contributed by atoms with Crippen molar-refractivity contribution >= 4 is 22.7 Å². The van der Waals surface area contributed by atoms with Gasteiger partial charge in [-0.25, -0.2) is 15.0 Å². The third-order valence-electron chi connectivity index (χ3n) is 3.57. The predicted molar refractivity (Wildman–Crippen MR) is 73.6 cm³/mol. The van der Waals surface area contributed by atoms with Crippen LogP contribution in [0, 0.1) is 0 Å². The molecule has 19 heavy (non-hydrogen) atoms.